The molecule has 1 aromatic carbocycles. The normalized spacial score (nSPS) is 14.6. The summed E-state index contributed by atoms with van der Waals surface area (Å²) in [5.41, 5.74) is 2.32. The Morgan fingerprint density at radius 2 is 1.65 bits per heavy atom. The molecule has 102 valence electrons. The zero-order chi connectivity index (χ0) is 14.7. The Balaban J connectivity index is 2.15. The van der Waals surface area contributed by atoms with Crippen LogP contribution in [-0.2, 0) is 9.63 Å². The Bertz CT molecular complexity index is 630. The van der Waals surface area contributed by atoms with E-state index in [1.54, 1.807) is 26.0 Å². The molecule has 0 N–H and O–H groups in total. The molecule has 0 saturated carbocycles. The van der Waals surface area contributed by atoms with Crippen molar-refractivity contribution in [1.82, 2.24) is 0 Å². The van der Waals surface area contributed by atoms with Gasteiger partial charge in [-0.2, -0.15) is 0 Å². The Hall–Kier alpha value is -1.76. The van der Waals surface area contributed by atoms with Gasteiger partial charge < -0.3 is 4.84 Å². The monoisotopic (exact) mass is 381 g/mol. The lowest BCUT2D eigenvalue weighted by Gasteiger charge is -2.10. The molecule has 5 heteroatoms. The van der Waals surface area contributed by atoms with E-state index in [0.717, 1.165) is 3.57 Å². The summed E-state index contributed by atoms with van der Waals surface area (Å²) < 4.78 is 1.04. The minimum atomic E-state index is -0.522. The quantitative estimate of drug-likeness (QED) is 0.342. The molecule has 0 aliphatic heterocycles. The van der Waals surface area contributed by atoms with E-state index in [4.69, 9.17) is 4.84 Å². The van der Waals surface area contributed by atoms with Crippen molar-refractivity contribution in [3.63, 3.8) is 0 Å². The molecule has 1 aromatic rings. The number of halogens is 1. The number of ketones is 1. The SMILES string of the molecule is CC1=CC(=O)C=C(C)C1=NOC(=O)c1ccc(I)cc1. The summed E-state index contributed by atoms with van der Waals surface area (Å²) in [6.45, 7) is 3.51. The fourth-order valence-corrected chi connectivity index (χ4v) is 2.15. The van der Waals surface area contributed by atoms with Gasteiger partial charge >= 0.3 is 5.97 Å². The van der Waals surface area contributed by atoms with Crippen molar-refractivity contribution in [2.75, 3.05) is 0 Å². The number of hydrogen-bond donors (Lipinski definition) is 0. The topological polar surface area (TPSA) is 55.7 Å². The summed E-state index contributed by atoms with van der Waals surface area (Å²) in [4.78, 5) is 28.1. The highest BCUT2D eigenvalue weighted by Crippen LogP contribution is 2.15. The molecule has 0 atom stereocenters. The van der Waals surface area contributed by atoms with Crippen molar-refractivity contribution in [3.8, 4) is 0 Å². The van der Waals surface area contributed by atoms with Gasteiger partial charge in [-0.05, 0) is 84.0 Å². The third-order valence-electron chi connectivity index (χ3n) is 2.76. The number of benzene rings is 1. The first-order chi connectivity index (χ1) is 9.47. The Kier molecular flexibility index (Phi) is 4.49. The van der Waals surface area contributed by atoms with E-state index in [2.05, 4.69) is 27.7 Å². The predicted octanol–water partition coefficient (Wildman–Crippen LogP) is 3.28. The van der Waals surface area contributed by atoms with Gasteiger partial charge in [0.1, 0.15) is 5.71 Å². The van der Waals surface area contributed by atoms with Crippen LogP contribution in [0, 0.1) is 3.57 Å². The second-order valence-corrected chi connectivity index (χ2v) is 5.63. The fourth-order valence-electron chi connectivity index (χ4n) is 1.79. The third-order valence-corrected chi connectivity index (χ3v) is 3.48. The maximum atomic E-state index is 11.8. The van der Waals surface area contributed by atoms with E-state index in [0.29, 0.717) is 22.4 Å². The van der Waals surface area contributed by atoms with Crippen LogP contribution in [0.5, 0.6) is 0 Å². The van der Waals surface area contributed by atoms with E-state index >= 15 is 0 Å². The average molecular weight is 381 g/mol. The maximum absolute atomic E-state index is 11.8. The van der Waals surface area contributed by atoms with Crippen LogP contribution in [0.1, 0.15) is 24.2 Å². The van der Waals surface area contributed by atoms with E-state index in [1.807, 2.05) is 12.1 Å². The van der Waals surface area contributed by atoms with Gasteiger partial charge in [0.15, 0.2) is 5.78 Å². The van der Waals surface area contributed by atoms with Crippen molar-refractivity contribution >= 4 is 40.1 Å². The van der Waals surface area contributed by atoms with E-state index in [1.165, 1.54) is 12.2 Å². The summed E-state index contributed by atoms with van der Waals surface area (Å²) in [5, 5.41) is 3.85. The lowest BCUT2D eigenvalue weighted by atomic mass is 9.98. The van der Waals surface area contributed by atoms with Gasteiger partial charge in [0, 0.05) is 3.57 Å². The van der Waals surface area contributed by atoms with E-state index in [-0.39, 0.29) is 5.78 Å². The summed E-state index contributed by atoms with van der Waals surface area (Å²) in [6, 6.07) is 7.00. The molecule has 0 aromatic heterocycles. The number of carbonyl (C=O) groups excluding carboxylic acids is 2. The van der Waals surface area contributed by atoms with Gasteiger partial charge in [0.25, 0.3) is 0 Å². The summed E-state index contributed by atoms with van der Waals surface area (Å²) >= 11 is 2.16. The molecule has 0 bridgehead atoms. The highest BCUT2D eigenvalue weighted by molar-refractivity contribution is 14.1. The molecule has 0 spiro atoms. The van der Waals surface area contributed by atoms with Crippen molar-refractivity contribution in [3.05, 3.63) is 56.7 Å². The van der Waals surface area contributed by atoms with Crippen molar-refractivity contribution in [2.45, 2.75) is 13.8 Å². The molecule has 0 amide bonds. The van der Waals surface area contributed by atoms with E-state index < -0.39 is 5.97 Å². The molecule has 20 heavy (non-hydrogen) atoms. The first-order valence-electron chi connectivity index (χ1n) is 5.93. The minimum Gasteiger partial charge on any atom is -0.312 e. The molecular weight excluding hydrogens is 369 g/mol. The third kappa shape index (κ3) is 3.41. The molecule has 0 heterocycles. The molecule has 0 fully saturated rings. The molecule has 1 aliphatic rings. The summed E-state index contributed by atoms with van der Waals surface area (Å²) in [6.07, 6.45) is 2.93. The second-order valence-electron chi connectivity index (χ2n) is 4.38. The molecule has 0 saturated heterocycles. The number of oxime groups is 1. The van der Waals surface area contributed by atoms with E-state index in [9.17, 15) is 9.59 Å². The van der Waals surface area contributed by atoms with Gasteiger partial charge in [-0.25, -0.2) is 4.79 Å². The van der Waals surface area contributed by atoms with Crippen molar-refractivity contribution < 1.29 is 14.4 Å². The average Bonchev–Trinajstić information content (AvgIpc) is 2.38. The molecule has 0 unspecified atom stereocenters. The molecular formula is C15H12INO3. The Morgan fingerprint density at radius 3 is 2.20 bits per heavy atom. The van der Waals surface area contributed by atoms with Crippen LogP contribution in [0.4, 0.5) is 0 Å². The van der Waals surface area contributed by atoms with Crippen LogP contribution >= 0.6 is 22.6 Å². The van der Waals surface area contributed by atoms with Gasteiger partial charge in [0.05, 0.1) is 5.56 Å². The summed E-state index contributed by atoms with van der Waals surface area (Å²) in [7, 11) is 0. The zero-order valence-corrected chi connectivity index (χ0v) is 13.2. The lowest BCUT2D eigenvalue weighted by Crippen LogP contribution is -2.13. The number of rotatable bonds is 2. The number of hydrogen-bond acceptors (Lipinski definition) is 4. The highest BCUT2D eigenvalue weighted by Gasteiger charge is 2.15. The minimum absolute atomic E-state index is 0.0806. The predicted molar refractivity (Wildman–Crippen MR) is 84.5 cm³/mol. The second kappa shape index (κ2) is 6.13. The van der Waals surface area contributed by atoms with Gasteiger partial charge in [-0.3, -0.25) is 4.79 Å². The van der Waals surface area contributed by atoms with Crippen LogP contribution in [0.2, 0.25) is 0 Å². The van der Waals surface area contributed by atoms with Crippen LogP contribution in [0.15, 0.2) is 52.7 Å². The first kappa shape index (κ1) is 14.6. The fraction of sp³-hybridized carbons (Fsp3) is 0.133. The molecule has 1 aliphatic carbocycles. The van der Waals surface area contributed by atoms with Crippen LogP contribution < -0.4 is 0 Å². The molecule has 2 rings (SSSR count). The lowest BCUT2D eigenvalue weighted by molar-refractivity contribution is -0.110. The highest BCUT2D eigenvalue weighted by atomic mass is 127. The van der Waals surface area contributed by atoms with Crippen molar-refractivity contribution in [2.24, 2.45) is 5.16 Å². The maximum Gasteiger partial charge on any atom is 0.365 e. The van der Waals surface area contributed by atoms with Gasteiger partial charge in [-0.15, -0.1) is 0 Å². The Labute approximate surface area is 130 Å². The number of carbonyl (C=O) groups is 2. The van der Waals surface area contributed by atoms with Gasteiger partial charge in [-0.1, -0.05) is 5.16 Å². The largest absolute Gasteiger partial charge is 0.365 e. The first-order valence-corrected chi connectivity index (χ1v) is 7.01. The van der Waals surface area contributed by atoms with Crippen LogP contribution in [0.3, 0.4) is 0 Å². The molecule has 0 radical (unpaired) electrons. The van der Waals surface area contributed by atoms with Gasteiger partial charge in [0.2, 0.25) is 0 Å². The number of allylic oxidation sites excluding steroid dienone is 4. The Morgan fingerprint density at radius 1 is 1.10 bits per heavy atom. The molecule has 4 nitrogen and oxygen atoms in total. The van der Waals surface area contributed by atoms with Crippen LogP contribution in [-0.4, -0.2) is 17.5 Å². The smallest absolute Gasteiger partial charge is 0.312 e. The summed E-state index contributed by atoms with van der Waals surface area (Å²) in [5.74, 6) is -0.602. The van der Waals surface area contributed by atoms with Crippen molar-refractivity contribution in [1.29, 1.82) is 0 Å². The van der Waals surface area contributed by atoms with Crippen LogP contribution in [0.25, 0.3) is 0 Å². The standard InChI is InChI=1S/C15H12INO3/c1-9-7-13(18)8-10(2)14(9)17-20-15(19)11-3-5-12(16)6-4-11/h3-8H,1-2H3. The number of nitrogens with zero attached hydrogens (tertiary/aromatic N) is 1. The zero-order valence-electron chi connectivity index (χ0n) is 11.0.